The van der Waals surface area contributed by atoms with Crippen LogP contribution >= 0.6 is 0 Å². The monoisotopic (exact) mass is 386 g/mol. The Hall–Kier alpha value is -2.71. The number of nitrogens with two attached hydrogens (primary N) is 1. The number of rotatable bonds is 5. The average Bonchev–Trinajstić information content (AvgIpc) is 3.22. The molecule has 2 aromatic rings. The first kappa shape index (κ1) is 19.1. The Kier molecular flexibility index (Phi) is 5.57. The van der Waals surface area contributed by atoms with Crippen molar-refractivity contribution in [2.45, 2.75) is 24.7 Å². The van der Waals surface area contributed by atoms with E-state index in [-0.39, 0.29) is 4.90 Å². The SMILES string of the molecule is C/C(=N/NC(=O)c1ccc(S(=O)(=O)N2CCCC2)cc1)c1ccc(N)cc1. The molecule has 1 aliphatic rings. The highest BCUT2D eigenvalue weighted by Gasteiger charge is 2.27. The number of hydrogen-bond acceptors (Lipinski definition) is 5. The summed E-state index contributed by atoms with van der Waals surface area (Å²) in [6.07, 6.45) is 1.76. The molecule has 1 aliphatic heterocycles. The average molecular weight is 386 g/mol. The minimum absolute atomic E-state index is 0.197. The fourth-order valence-corrected chi connectivity index (χ4v) is 4.36. The molecule has 1 saturated heterocycles. The van der Waals surface area contributed by atoms with E-state index < -0.39 is 15.9 Å². The molecule has 0 unspecified atom stereocenters. The van der Waals surface area contributed by atoms with E-state index in [2.05, 4.69) is 10.5 Å². The lowest BCUT2D eigenvalue weighted by Crippen LogP contribution is -2.28. The normalized spacial score (nSPS) is 15.7. The number of carbonyl (C=O) groups is 1. The largest absolute Gasteiger partial charge is 0.399 e. The quantitative estimate of drug-likeness (QED) is 0.467. The zero-order chi connectivity index (χ0) is 19.4. The van der Waals surface area contributed by atoms with Gasteiger partial charge in [-0.05, 0) is 61.7 Å². The summed E-state index contributed by atoms with van der Waals surface area (Å²) >= 11 is 0. The smallest absolute Gasteiger partial charge is 0.271 e. The predicted octanol–water partition coefficient (Wildman–Crippen LogP) is 2.21. The number of hydrogen-bond donors (Lipinski definition) is 2. The van der Waals surface area contributed by atoms with Gasteiger partial charge in [0.05, 0.1) is 10.6 Å². The van der Waals surface area contributed by atoms with Crippen molar-refractivity contribution >= 4 is 27.3 Å². The van der Waals surface area contributed by atoms with Crippen molar-refractivity contribution in [1.82, 2.24) is 9.73 Å². The molecule has 1 heterocycles. The van der Waals surface area contributed by atoms with Crippen molar-refractivity contribution in [3.05, 3.63) is 59.7 Å². The number of benzene rings is 2. The van der Waals surface area contributed by atoms with Gasteiger partial charge in [0.2, 0.25) is 10.0 Å². The molecule has 8 heteroatoms. The van der Waals surface area contributed by atoms with E-state index in [4.69, 9.17) is 5.73 Å². The molecule has 0 bridgehead atoms. The first-order chi connectivity index (χ1) is 12.9. The van der Waals surface area contributed by atoms with E-state index in [1.54, 1.807) is 19.1 Å². The number of nitrogens with zero attached hydrogens (tertiary/aromatic N) is 2. The molecule has 0 aliphatic carbocycles. The van der Waals surface area contributed by atoms with Gasteiger partial charge in [-0.2, -0.15) is 9.41 Å². The van der Waals surface area contributed by atoms with Crippen molar-refractivity contribution < 1.29 is 13.2 Å². The summed E-state index contributed by atoms with van der Waals surface area (Å²) in [5.74, 6) is -0.407. The molecule has 0 atom stereocenters. The second-order valence-corrected chi connectivity index (χ2v) is 8.33. The standard InChI is InChI=1S/C19H22N4O3S/c1-14(15-4-8-17(20)9-5-15)21-22-19(24)16-6-10-18(11-7-16)27(25,26)23-12-2-3-13-23/h4-11H,2-3,12-13,20H2,1H3,(H,22,24)/b21-14-. The molecule has 142 valence electrons. The Bertz CT molecular complexity index is 945. The predicted molar refractivity (Wildman–Crippen MR) is 105 cm³/mol. The van der Waals surface area contributed by atoms with Gasteiger partial charge in [0.1, 0.15) is 0 Å². The number of nitrogens with one attached hydrogen (secondary N) is 1. The summed E-state index contributed by atoms with van der Waals surface area (Å²) in [6, 6.07) is 13.1. The van der Waals surface area contributed by atoms with Crippen LogP contribution in [0, 0.1) is 0 Å². The van der Waals surface area contributed by atoms with Gasteiger partial charge >= 0.3 is 0 Å². The number of carbonyl (C=O) groups excluding carboxylic acids is 1. The molecule has 2 aromatic carbocycles. The lowest BCUT2D eigenvalue weighted by Gasteiger charge is -2.15. The second-order valence-electron chi connectivity index (χ2n) is 6.40. The van der Waals surface area contributed by atoms with E-state index in [9.17, 15) is 13.2 Å². The highest BCUT2D eigenvalue weighted by atomic mass is 32.2. The summed E-state index contributed by atoms with van der Waals surface area (Å²) < 4.78 is 26.5. The first-order valence-electron chi connectivity index (χ1n) is 8.69. The summed E-state index contributed by atoms with van der Waals surface area (Å²) in [5.41, 5.74) is 10.6. The molecule has 0 saturated carbocycles. The summed E-state index contributed by atoms with van der Waals surface area (Å²) in [6.45, 7) is 2.87. The number of amides is 1. The minimum atomic E-state index is -3.48. The molecule has 3 rings (SSSR count). The van der Waals surface area contributed by atoms with Gasteiger partial charge in [-0.15, -0.1) is 0 Å². The third-order valence-corrected chi connectivity index (χ3v) is 6.39. The Morgan fingerprint density at radius 1 is 1.00 bits per heavy atom. The van der Waals surface area contributed by atoms with Crippen molar-refractivity contribution in [2.24, 2.45) is 5.10 Å². The number of nitrogen functional groups attached to an aromatic ring is 1. The van der Waals surface area contributed by atoms with E-state index in [0.29, 0.717) is 30.1 Å². The van der Waals surface area contributed by atoms with E-state index >= 15 is 0 Å². The van der Waals surface area contributed by atoms with Crippen LogP contribution in [-0.2, 0) is 10.0 Å². The molecule has 0 spiro atoms. The zero-order valence-corrected chi connectivity index (χ0v) is 15.9. The van der Waals surface area contributed by atoms with Gasteiger partial charge in [-0.3, -0.25) is 4.79 Å². The zero-order valence-electron chi connectivity index (χ0n) is 15.1. The third kappa shape index (κ3) is 4.35. The van der Waals surface area contributed by atoms with Gasteiger partial charge in [0.15, 0.2) is 0 Å². The summed E-state index contributed by atoms with van der Waals surface area (Å²) in [5, 5.41) is 4.08. The van der Waals surface area contributed by atoms with Crippen LogP contribution < -0.4 is 11.2 Å². The van der Waals surface area contributed by atoms with Crippen LogP contribution in [0.1, 0.15) is 35.7 Å². The van der Waals surface area contributed by atoms with Gasteiger partial charge in [0.25, 0.3) is 5.91 Å². The maximum absolute atomic E-state index is 12.5. The van der Waals surface area contributed by atoms with Crippen LogP contribution in [0.4, 0.5) is 5.69 Å². The van der Waals surface area contributed by atoms with Crippen LogP contribution in [-0.4, -0.2) is 37.4 Å². The van der Waals surface area contributed by atoms with Gasteiger partial charge in [0, 0.05) is 24.3 Å². The molecule has 1 amide bonds. The minimum Gasteiger partial charge on any atom is -0.399 e. The van der Waals surface area contributed by atoms with Crippen LogP contribution in [0.25, 0.3) is 0 Å². The molecule has 3 N–H and O–H groups in total. The molecule has 0 radical (unpaired) electrons. The fourth-order valence-electron chi connectivity index (χ4n) is 2.84. The van der Waals surface area contributed by atoms with E-state index in [1.165, 1.54) is 28.6 Å². The highest BCUT2D eigenvalue weighted by molar-refractivity contribution is 7.89. The maximum atomic E-state index is 12.5. The Morgan fingerprint density at radius 3 is 2.15 bits per heavy atom. The summed E-state index contributed by atoms with van der Waals surface area (Å²) in [7, 11) is -3.48. The van der Waals surface area contributed by atoms with Gasteiger partial charge in [-0.1, -0.05) is 12.1 Å². The highest BCUT2D eigenvalue weighted by Crippen LogP contribution is 2.21. The maximum Gasteiger partial charge on any atom is 0.271 e. The Balaban J connectivity index is 1.68. The van der Waals surface area contributed by atoms with Gasteiger partial charge in [-0.25, -0.2) is 13.8 Å². The third-order valence-electron chi connectivity index (χ3n) is 4.47. The molecule has 1 fully saturated rings. The Labute approximate surface area is 158 Å². The summed E-state index contributed by atoms with van der Waals surface area (Å²) in [4.78, 5) is 12.5. The van der Waals surface area contributed by atoms with E-state index in [0.717, 1.165) is 18.4 Å². The number of sulfonamides is 1. The van der Waals surface area contributed by atoms with Crippen molar-refractivity contribution in [2.75, 3.05) is 18.8 Å². The van der Waals surface area contributed by atoms with Crippen LogP contribution in [0.3, 0.4) is 0 Å². The number of hydrazone groups is 1. The van der Waals surface area contributed by atoms with Crippen LogP contribution in [0.5, 0.6) is 0 Å². The Morgan fingerprint density at radius 2 is 1.56 bits per heavy atom. The lowest BCUT2D eigenvalue weighted by atomic mass is 10.1. The van der Waals surface area contributed by atoms with Crippen molar-refractivity contribution in [3.63, 3.8) is 0 Å². The molecule has 27 heavy (non-hydrogen) atoms. The van der Waals surface area contributed by atoms with Gasteiger partial charge < -0.3 is 5.73 Å². The second kappa shape index (κ2) is 7.89. The lowest BCUT2D eigenvalue weighted by molar-refractivity contribution is 0.0954. The number of anilines is 1. The fraction of sp³-hybridized carbons (Fsp3) is 0.263. The molecule has 7 nitrogen and oxygen atoms in total. The molecular formula is C19H22N4O3S. The van der Waals surface area contributed by atoms with E-state index in [1.807, 2.05) is 12.1 Å². The first-order valence-corrected chi connectivity index (χ1v) is 10.1. The molecular weight excluding hydrogens is 364 g/mol. The molecule has 0 aromatic heterocycles. The topological polar surface area (TPSA) is 105 Å². The van der Waals surface area contributed by atoms with Crippen molar-refractivity contribution in [1.29, 1.82) is 0 Å². The van der Waals surface area contributed by atoms with Crippen LogP contribution in [0.15, 0.2) is 58.5 Å². The van der Waals surface area contributed by atoms with Crippen molar-refractivity contribution in [3.8, 4) is 0 Å². The van der Waals surface area contributed by atoms with Crippen LogP contribution in [0.2, 0.25) is 0 Å².